The number of aromatic nitrogens is 2. The van der Waals surface area contributed by atoms with Crippen molar-refractivity contribution in [2.75, 3.05) is 19.4 Å². The summed E-state index contributed by atoms with van der Waals surface area (Å²) in [5.74, 6) is 1.74. The Hall–Kier alpha value is -3.06. The Labute approximate surface area is 173 Å². The first-order valence-electron chi connectivity index (χ1n) is 9.33. The molecule has 0 aliphatic carbocycles. The monoisotopic (exact) mass is 407 g/mol. The fourth-order valence-corrected chi connectivity index (χ4v) is 3.87. The zero-order chi connectivity index (χ0) is 20.1. The van der Waals surface area contributed by atoms with E-state index in [2.05, 4.69) is 21.6 Å². The van der Waals surface area contributed by atoms with Gasteiger partial charge in [-0.05, 0) is 42.0 Å². The lowest BCUT2D eigenvalue weighted by atomic mass is 10.0. The van der Waals surface area contributed by atoms with Gasteiger partial charge in [0.15, 0.2) is 0 Å². The molecule has 0 saturated carbocycles. The Balaban J connectivity index is 1.30. The molecule has 1 N–H and O–H groups in total. The summed E-state index contributed by atoms with van der Waals surface area (Å²) in [7, 11) is 1.57. The van der Waals surface area contributed by atoms with Crippen LogP contribution in [0.25, 0.3) is 11.3 Å². The molecular weight excluding hydrogens is 386 g/mol. The Morgan fingerprint density at radius 2 is 2.03 bits per heavy atom. The lowest BCUT2D eigenvalue weighted by Crippen LogP contribution is -2.35. The Kier molecular flexibility index (Phi) is 5.95. The van der Waals surface area contributed by atoms with Crippen LogP contribution >= 0.6 is 11.8 Å². The summed E-state index contributed by atoms with van der Waals surface area (Å²) in [5.41, 5.74) is 2.87. The molecule has 1 atom stereocenters. The van der Waals surface area contributed by atoms with Gasteiger partial charge in [-0.1, -0.05) is 18.2 Å². The van der Waals surface area contributed by atoms with Crippen LogP contribution in [-0.4, -0.2) is 41.6 Å². The molecule has 29 heavy (non-hydrogen) atoms. The van der Waals surface area contributed by atoms with Crippen LogP contribution in [0.1, 0.15) is 5.56 Å². The van der Waals surface area contributed by atoms with E-state index in [1.807, 2.05) is 48.5 Å². The minimum Gasteiger partial charge on any atom is -0.488 e. The van der Waals surface area contributed by atoms with E-state index in [1.165, 1.54) is 11.8 Å². The van der Waals surface area contributed by atoms with E-state index >= 15 is 0 Å². The SMILES string of the molecule is COc1ccc(-c2ccc3c(c2)C[C@@H](CNC(=O)CSc2ccccc2)O3)nn1. The highest BCUT2D eigenvalue weighted by atomic mass is 32.2. The molecule has 0 unspecified atom stereocenters. The Bertz CT molecular complexity index is 980. The van der Waals surface area contributed by atoms with Crippen LogP contribution in [-0.2, 0) is 11.2 Å². The van der Waals surface area contributed by atoms with Crippen molar-refractivity contribution in [1.82, 2.24) is 15.5 Å². The van der Waals surface area contributed by atoms with Gasteiger partial charge in [-0.25, -0.2) is 0 Å². The number of fused-ring (bicyclic) bond motifs is 1. The van der Waals surface area contributed by atoms with Crippen molar-refractivity contribution in [2.24, 2.45) is 0 Å². The molecule has 1 aliphatic heterocycles. The number of ether oxygens (including phenoxy) is 2. The lowest BCUT2D eigenvalue weighted by molar-refractivity contribution is -0.118. The van der Waals surface area contributed by atoms with E-state index in [9.17, 15) is 4.79 Å². The second-order valence-electron chi connectivity index (χ2n) is 6.63. The topological polar surface area (TPSA) is 73.3 Å². The standard InChI is InChI=1S/C22H21N3O3S/c1-27-22-10-8-19(24-25-22)15-7-9-20-16(11-15)12-17(28-20)13-23-21(26)14-29-18-5-3-2-4-6-18/h2-11,17H,12-14H2,1H3,(H,23,26)/t17-/m0/s1. The fraction of sp³-hybridized carbons (Fsp3) is 0.227. The molecule has 1 aromatic heterocycles. The van der Waals surface area contributed by atoms with Gasteiger partial charge in [0.1, 0.15) is 11.9 Å². The quantitative estimate of drug-likeness (QED) is 0.606. The van der Waals surface area contributed by atoms with Crippen molar-refractivity contribution in [3.63, 3.8) is 0 Å². The Morgan fingerprint density at radius 1 is 1.17 bits per heavy atom. The smallest absolute Gasteiger partial charge is 0.233 e. The van der Waals surface area contributed by atoms with Crippen LogP contribution in [0.2, 0.25) is 0 Å². The molecule has 1 amide bonds. The van der Waals surface area contributed by atoms with Gasteiger partial charge in [-0.15, -0.1) is 22.0 Å². The zero-order valence-corrected chi connectivity index (χ0v) is 16.8. The maximum Gasteiger partial charge on any atom is 0.233 e. The molecule has 2 aromatic carbocycles. The number of hydrogen-bond acceptors (Lipinski definition) is 6. The molecule has 3 aromatic rings. The number of amides is 1. The first kappa shape index (κ1) is 19.3. The third kappa shape index (κ3) is 4.86. The molecule has 1 aliphatic rings. The number of carbonyl (C=O) groups is 1. The van der Waals surface area contributed by atoms with Crippen LogP contribution in [0.15, 0.2) is 65.6 Å². The van der Waals surface area contributed by atoms with Crippen LogP contribution in [0.4, 0.5) is 0 Å². The molecule has 0 spiro atoms. The molecule has 7 heteroatoms. The third-order valence-electron chi connectivity index (χ3n) is 4.59. The van der Waals surface area contributed by atoms with E-state index in [0.29, 0.717) is 18.2 Å². The predicted octanol–water partition coefficient (Wildman–Crippen LogP) is 3.36. The van der Waals surface area contributed by atoms with Crippen molar-refractivity contribution >= 4 is 17.7 Å². The average molecular weight is 407 g/mol. The molecule has 148 valence electrons. The highest BCUT2D eigenvalue weighted by Gasteiger charge is 2.24. The van der Waals surface area contributed by atoms with Gasteiger partial charge in [-0.2, -0.15) is 0 Å². The van der Waals surface area contributed by atoms with Gasteiger partial charge >= 0.3 is 0 Å². The van der Waals surface area contributed by atoms with Gasteiger partial charge in [0.25, 0.3) is 0 Å². The maximum atomic E-state index is 12.1. The van der Waals surface area contributed by atoms with Crippen molar-refractivity contribution in [3.8, 4) is 22.9 Å². The van der Waals surface area contributed by atoms with E-state index in [-0.39, 0.29) is 12.0 Å². The summed E-state index contributed by atoms with van der Waals surface area (Å²) in [6.45, 7) is 0.487. The molecule has 0 radical (unpaired) electrons. The summed E-state index contributed by atoms with van der Waals surface area (Å²) in [6.07, 6.45) is 0.687. The highest BCUT2D eigenvalue weighted by molar-refractivity contribution is 8.00. The van der Waals surface area contributed by atoms with Gasteiger partial charge in [0, 0.05) is 22.9 Å². The van der Waals surface area contributed by atoms with E-state index in [1.54, 1.807) is 13.2 Å². The summed E-state index contributed by atoms with van der Waals surface area (Å²) in [5, 5.41) is 11.2. The first-order valence-corrected chi connectivity index (χ1v) is 10.3. The normalized spacial score (nSPS) is 14.7. The van der Waals surface area contributed by atoms with E-state index < -0.39 is 0 Å². The number of thioether (sulfide) groups is 1. The van der Waals surface area contributed by atoms with Crippen molar-refractivity contribution < 1.29 is 14.3 Å². The summed E-state index contributed by atoms with van der Waals surface area (Å²) >= 11 is 1.53. The second kappa shape index (κ2) is 8.96. The molecule has 0 bridgehead atoms. The number of nitrogens with zero attached hydrogens (tertiary/aromatic N) is 2. The zero-order valence-electron chi connectivity index (χ0n) is 16.0. The number of hydrogen-bond donors (Lipinski definition) is 1. The number of carbonyl (C=O) groups excluding carboxylic acids is 1. The minimum atomic E-state index is -0.0622. The van der Waals surface area contributed by atoms with Gasteiger partial charge < -0.3 is 14.8 Å². The molecule has 0 fully saturated rings. The van der Waals surface area contributed by atoms with Crippen LogP contribution in [0, 0.1) is 0 Å². The summed E-state index contributed by atoms with van der Waals surface area (Å²) in [4.78, 5) is 13.2. The van der Waals surface area contributed by atoms with Gasteiger partial charge in [0.05, 0.1) is 25.1 Å². The number of benzene rings is 2. The van der Waals surface area contributed by atoms with Crippen molar-refractivity contribution in [2.45, 2.75) is 17.4 Å². The molecule has 0 saturated heterocycles. The third-order valence-corrected chi connectivity index (χ3v) is 5.60. The molecule has 4 rings (SSSR count). The molecular formula is C22H21N3O3S. The number of methoxy groups -OCH3 is 1. The highest BCUT2D eigenvalue weighted by Crippen LogP contribution is 2.32. The predicted molar refractivity (Wildman–Crippen MR) is 112 cm³/mol. The van der Waals surface area contributed by atoms with E-state index in [0.717, 1.165) is 33.9 Å². The summed E-state index contributed by atoms with van der Waals surface area (Å²) < 4.78 is 11.0. The fourth-order valence-electron chi connectivity index (χ4n) is 3.12. The summed E-state index contributed by atoms with van der Waals surface area (Å²) in [6, 6.07) is 19.6. The number of nitrogens with one attached hydrogen (secondary N) is 1. The second-order valence-corrected chi connectivity index (χ2v) is 7.68. The average Bonchev–Trinajstić information content (AvgIpc) is 3.19. The maximum absolute atomic E-state index is 12.1. The van der Waals surface area contributed by atoms with Crippen molar-refractivity contribution in [3.05, 3.63) is 66.2 Å². The van der Waals surface area contributed by atoms with E-state index in [4.69, 9.17) is 9.47 Å². The van der Waals surface area contributed by atoms with Crippen molar-refractivity contribution in [1.29, 1.82) is 0 Å². The molecule has 6 nitrogen and oxygen atoms in total. The van der Waals surface area contributed by atoms with Gasteiger partial charge in [0.2, 0.25) is 11.8 Å². The first-order chi connectivity index (χ1) is 14.2. The Morgan fingerprint density at radius 3 is 2.79 bits per heavy atom. The van der Waals surface area contributed by atoms with Crippen LogP contribution < -0.4 is 14.8 Å². The van der Waals surface area contributed by atoms with Gasteiger partial charge in [-0.3, -0.25) is 4.79 Å². The molecule has 2 heterocycles. The largest absolute Gasteiger partial charge is 0.488 e. The number of rotatable bonds is 7. The lowest BCUT2D eigenvalue weighted by Gasteiger charge is -2.11. The van der Waals surface area contributed by atoms with Crippen LogP contribution in [0.3, 0.4) is 0 Å². The minimum absolute atomic E-state index is 0.00704. The van der Waals surface area contributed by atoms with Crippen LogP contribution in [0.5, 0.6) is 11.6 Å².